The number of nitrogens with zero attached hydrogens (tertiary/aromatic N) is 6. The number of benzene rings is 1. The molecule has 0 aliphatic carbocycles. The minimum Gasteiger partial charge on any atom is -0.497 e. The summed E-state index contributed by atoms with van der Waals surface area (Å²) in [6.07, 6.45) is -7.40. The molecule has 2 aliphatic rings. The molecule has 3 aromatic rings. The van der Waals surface area contributed by atoms with Crippen molar-refractivity contribution in [1.82, 2.24) is 24.6 Å². The molecular weight excluding hydrogens is 678 g/mol. The van der Waals surface area contributed by atoms with E-state index < -0.39 is 58.7 Å². The van der Waals surface area contributed by atoms with E-state index in [2.05, 4.69) is 20.4 Å². The number of nitrogens with two attached hydrogens (primary N) is 1. The number of anilines is 2. The molecule has 2 aromatic heterocycles. The first-order valence-corrected chi connectivity index (χ1v) is 15.6. The number of amides is 2. The first-order valence-electron chi connectivity index (χ1n) is 15.6. The molecule has 3 atom stereocenters. The van der Waals surface area contributed by atoms with Crippen LogP contribution in [0.1, 0.15) is 36.0 Å². The zero-order chi connectivity index (χ0) is 36.2. The summed E-state index contributed by atoms with van der Waals surface area (Å²) in [5.41, 5.74) is 2.02. The normalized spacial score (nSPS) is 19.9. The van der Waals surface area contributed by atoms with Crippen LogP contribution >= 0.6 is 0 Å². The van der Waals surface area contributed by atoms with Gasteiger partial charge in [0.15, 0.2) is 0 Å². The van der Waals surface area contributed by atoms with Crippen molar-refractivity contribution in [2.75, 3.05) is 50.1 Å². The second-order valence-corrected chi connectivity index (χ2v) is 11.8. The number of halogens is 6. The predicted octanol–water partition coefficient (Wildman–Crippen LogP) is 2.93. The molecule has 270 valence electrons. The monoisotopic (exact) mass is 712 g/mol. The molecular formula is C31H34F6N8O5. The minimum absolute atomic E-state index is 0.00173. The van der Waals surface area contributed by atoms with E-state index in [0.717, 1.165) is 10.9 Å². The largest absolute Gasteiger partial charge is 0.497 e. The van der Waals surface area contributed by atoms with Gasteiger partial charge < -0.3 is 30.3 Å². The third-order valence-corrected chi connectivity index (χ3v) is 8.56. The van der Waals surface area contributed by atoms with E-state index in [-0.39, 0.29) is 64.0 Å². The van der Waals surface area contributed by atoms with Crippen LogP contribution in [0.4, 0.5) is 38.0 Å². The molecule has 50 heavy (non-hydrogen) atoms. The third kappa shape index (κ3) is 8.26. The number of alkyl halides is 6. The average Bonchev–Trinajstić information content (AvgIpc) is 3.44. The van der Waals surface area contributed by atoms with E-state index in [4.69, 9.17) is 15.2 Å². The Labute approximate surface area is 281 Å². The van der Waals surface area contributed by atoms with Crippen molar-refractivity contribution in [3.8, 4) is 5.75 Å². The molecule has 3 N–H and O–H groups in total. The van der Waals surface area contributed by atoms with Gasteiger partial charge in [0.1, 0.15) is 17.4 Å². The smallest absolute Gasteiger partial charge is 0.423 e. The van der Waals surface area contributed by atoms with Crippen molar-refractivity contribution in [3.63, 3.8) is 0 Å². The zero-order valence-corrected chi connectivity index (χ0v) is 26.7. The van der Waals surface area contributed by atoms with Gasteiger partial charge in [-0.15, -0.1) is 0 Å². The highest BCUT2D eigenvalue weighted by Gasteiger charge is 2.44. The van der Waals surface area contributed by atoms with Crippen LogP contribution in [0.5, 0.6) is 5.75 Å². The van der Waals surface area contributed by atoms with Gasteiger partial charge >= 0.3 is 12.4 Å². The van der Waals surface area contributed by atoms with Crippen molar-refractivity contribution in [2.24, 2.45) is 11.7 Å². The van der Waals surface area contributed by atoms with Gasteiger partial charge in [-0.3, -0.25) is 14.4 Å². The summed E-state index contributed by atoms with van der Waals surface area (Å²) in [6, 6.07) is 5.88. The Morgan fingerprint density at radius 1 is 1.00 bits per heavy atom. The Hall–Kier alpha value is -4.94. The lowest BCUT2D eigenvalue weighted by molar-refractivity contribution is -0.142. The maximum atomic E-state index is 13.9. The average molecular weight is 713 g/mol. The number of ether oxygens (including phenoxy) is 2. The molecule has 0 radical (unpaired) electrons. The van der Waals surface area contributed by atoms with Crippen molar-refractivity contribution >= 4 is 23.5 Å². The minimum atomic E-state index is -4.95. The maximum Gasteiger partial charge on any atom is 0.423 e. The van der Waals surface area contributed by atoms with Crippen LogP contribution in [0.3, 0.4) is 0 Å². The van der Waals surface area contributed by atoms with Crippen LogP contribution < -0.4 is 26.2 Å². The number of rotatable bonds is 12. The van der Waals surface area contributed by atoms with Gasteiger partial charge in [0, 0.05) is 57.6 Å². The number of primary amides is 1. The Morgan fingerprint density at radius 3 is 2.32 bits per heavy atom. The molecule has 4 heterocycles. The van der Waals surface area contributed by atoms with E-state index in [9.17, 15) is 40.7 Å². The molecule has 2 fully saturated rings. The van der Waals surface area contributed by atoms with Gasteiger partial charge in [-0.1, -0.05) is 12.1 Å². The number of carbonyl (C=O) groups excluding carboxylic acids is 2. The second kappa shape index (κ2) is 14.9. The fourth-order valence-corrected chi connectivity index (χ4v) is 6.00. The molecule has 1 aromatic carbocycles. The Morgan fingerprint density at radius 2 is 1.70 bits per heavy atom. The topological polar surface area (TPSA) is 158 Å². The third-order valence-electron chi connectivity index (χ3n) is 8.56. The van der Waals surface area contributed by atoms with Gasteiger partial charge in [-0.2, -0.15) is 31.4 Å². The number of aromatic nitrogens is 4. The molecule has 0 saturated carbocycles. The SMILES string of the molecule is COc1ccc(Cn2ncc(NCCCO[C@@H]3CCN([C@H]4CCN(c5ncc(C(F)(F)F)cn5)C[C@@H]4C(N)=O)C3=O)c(C(F)(F)F)c2=O)cc1. The number of carbonyl (C=O) groups is 2. The standard InChI is InChI=1S/C31H34F6N8O5/c1-49-20-5-3-18(4-6-20)16-45-28(48)25(31(35,36)37)22(15-42-45)39-9-2-12-50-24-8-11-44(27(24)47)23-7-10-43(17-21(23)26(38)46)29-40-13-19(14-41-29)30(32,33)34/h3-6,13-15,21,23-24,39H,2,7-12,16-17H2,1H3,(H2,38,46)/t21-,23-,24+/m0/s1. The van der Waals surface area contributed by atoms with E-state index in [0.29, 0.717) is 30.1 Å². The van der Waals surface area contributed by atoms with Gasteiger partial charge in [-0.25, -0.2) is 14.6 Å². The molecule has 2 aliphatic heterocycles. The van der Waals surface area contributed by atoms with E-state index in [1.807, 2.05) is 0 Å². The van der Waals surface area contributed by atoms with Gasteiger partial charge in [0.05, 0.1) is 37.0 Å². The van der Waals surface area contributed by atoms with Gasteiger partial charge in [0.25, 0.3) is 11.5 Å². The molecule has 19 heteroatoms. The summed E-state index contributed by atoms with van der Waals surface area (Å²) >= 11 is 0. The van der Waals surface area contributed by atoms with Gasteiger partial charge in [0.2, 0.25) is 11.9 Å². The fourth-order valence-electron chi connectivity index (χ4n) is 6.00. The lowest BCUT2D eigenvalue weighted by Crippen LogP contribution is -2.56. The quantitative estimate of drug-likeness (QED) is 0.211. The molecule has 2 amide bonds. The second-order valence-electron chi connectivity index (χ2n) is 11.8. The summed E-state index contributed by atoms with van der Waals surface area (Å²) in [4.78, 5) is 49.0. The lowest BCUT2D eigenvalue weighted by Gasteiger charge is -2.41. The Kier molecular flexibility index (Phi) is 10.8. The molecule has 0 spiro atoms. The van der Waals surface area contributed by atoms with Crippen molar-refractivity contribution in [1.29, 1.82) is 0 Å². The predicted molar refractivity (Wildman–Crippen MR) is 165 cm³/mol. The van der Waals surface area contributed by atoms with E-state index in [1.54, 1.807) is 24.3 Å². The summed E-state index contributed by atoms with van der Waals surface area (Å²) in [7, 11) is 1.47. The zero-order valence-electron chi connectivity index (χ0n) is 26.7. The molecule has 0 bridgehead atoms. The van der Waals surface area contributed by atoms with Crippen LogP contribution in [0, 0.1) is 5.92 Å². The first-order chi connectivity index (χ1) is 23.7. The molecule has 13 nitrogen and oxygen atoms in total. The molecule has 2 saturated heterocycles. The summed E-state index contributed by atoms with van der Waals surface area (Å²) in [5, 5.41) is 6.51. The van der Waals surface area contributed by atoms with Crippen LogP contribution in [-0.4, -0.2) is 88.5 Å². The molecule has 0 unspecified atom stereocenters. The number of nitrogens with one attached hydrogen (secondary N) is 1. The fraction of sp³-hybridized carbons (Fsp3) is 0.484. The number of hydrogen-bond donors (Lipinski definition) is 2. The van der Waals surface area contributed by atoms with Crippen molar-refractivity contribution in [2.45, 2.75) is 50.3 Å². The van der Waals surface area contributed by atoms with Gasteiger partial charge in [-0.05, 0) is 30.5 Å². The maximum absolute atomic E-state index is 13.9. The first kappa shape index (κ1) is 36.3. The Bertz CT molecular complexity index is 1720. The van der Waals surface area contributed by atoms with E-state index >= 15 is 0 Å². The number of likely N-dealkylation sites (tertiary alicyclic amines) is 1. The number of piperidine rings is 1. The summed E-state index contributed by atoms with van der Waals surface area (Å²) in [6.45, 7) is 0.309. The van der Waals surface area contributed by atoms with Crippen molar-refractivity contribution < 1.29 is 45.4 Å². The van der Waals surface area contributed by atoms with Crippen LogP contribution in [0.15, 0.2) is 47.7 Å². The number of methoxy groups -OCH3 is 1. The highest BCUT2D eigenvalue weighted by atomic mass is 19.4. The molecule has 5 rings (SSSR count). The summed E-state index contributed by atoms with van der Waals surface area (Å²) < 4.78 is 92.1. The van der Waals surface area contributed by atoms with Crippen molar-refractivity contribution in [3.05, 3.63) is 69.9 Å². The van der Waals surface area contributed by atoms with Crippen LogP contribution in [0.2, 0.25) is 0 Å². The van der Waals surface area contributed by atoms with Crippen LogP contribution in [-0.2, 0) is 33.2 Å². The Balaban J connectivity index is 1.13. The highest BCUT2D eigenvalue weighted by molar-refractivity contribution is 5.85. The lowest BCUT2D eigenvalue weighted by atomic mass is 9.90. The number of hydrogen-bond acceptors (Lipinski definition) is 10. The highest BCUT2D eigenvalue weighted by Crippen LogP contribution is 2.33. The summed E-state index contributed by atoms with van der Waals surface area (Å²) in [5.74, 6) is -1.38. The van der Waals surface area contributed by atoms with E-state index in [1.165, 1.54) is 16.9 Å². The van der Waals surface area contributed by atoms with Crippen LogP contribution in [0.25, 0.3) is 0 Å².